The predicted octanol–water partition coefficient (Wildman–Crippen LogP) is 3.62. The number of rotatable bonds is 6. The van der Waals surface area contributed by atoms with Crippen molar-refractivity contribution in [3.8, 4) is 0 Å². The van der Waals surface area contributed by atoms with E-state index in [0.29, 0.717) is 6.54 Å². The van der Waals surface area contributed by atoms with E-state index >= 15 is 0 Å². The lowest BCUT2D eigenvalue weighted by molar-refractivity contribution is -0.0822. The fourth-order valence-electron chi connectivity index (χ4n) is 3.35. The summed E-state index contributed by atoms with van der Waals surface area (Å²) in [6, 6.07) is 0. The van der Waals surface area contributed by atoms with Crippen LogP contribution in [0.25, 0.3) is 0 Å². The van der Waals surface area contributed by atoms with Crippen LogP contribution >= 0.6 is 0 Å². The van der Waals surface area contributed by atoms with Gasteiger partial charge in [0.05, 0.1) is 5.60 Å². The summed E-state index contributed by atoms with van der Waals surface area (Å²) in [5.41, 5.74) is 5.45. The third-order valence-corrected chi connectivity index (χ3v) is 4.86. The zero-order valence-electron chi connectivity index (χ0n) is 11.8. The lowest BCUT2D eigenvalue weighted by atomic mass is 9.66. The van der Waals surface area contributed by atoms with Gasteiger partial charge in [-0.15, -0.1) is 0 Å². The van der Waals surface area contributed by atoms with Gasteiger partial charge in [0.15, 0.2) is 0 Å². The van der Waals surface area contributed by atoms with Crippen LogP contribution in [0.5, 0.6) is 0 Å². The minimum atomic E-state index is -0.568. The molecule has 17 heavy (non-hydrogen) atoms. The second kappa shape index (κ2) is 6.75. The van der Waals surface area contributed by atoms with Crippen LogP contribution < -0.4 is 5.73 Å². The Hall–Kier alpha value is -0.0800. The zero-order valence-corrected chi connectivity index (χ0v) is 11.8. The molecule has 1 rings (SSSR count). The van der Waals surface area contributed by atoms with Crippen molar-refractivity contribution in [1.29, 1.82) is 0 Å². The van der Waals surface area contributed by atoms with Gasteiger partial charge >= 0.3 is 0 Å². The van der Waals surface area contributed by atoms with Crippen molar-refractivity contribution in [2.24, 2.45) is 11.1 Å². The average Bonchev–Trinajstić information content (AvgIpc) is 2.55. The minimum Gasteiger partial charge on any atom is -0.390 e. The summed E-state index contributed by atoms with van der Waals surface area (Å²) in [6.45, 7) is 4.88. The Morgan fingerprint density at radius 1 is 1.12 bits per heavy atom. The molecule has 0 radical (unpaired) electrons. The quantitative estimate of drug-likeness (QED) is 0.551. The number of nitrogens with two attached hydrogens (primary N) is 1. The minimum absolute atomic E-state index is 0.0166. The van der Waals surface area contributed by atoms with Gasteiger partial charge in [-0.3, -0.25) is 0 Å². The van der Waals surface area contributed by atoms with Crippen LogP contribution in [0.4, 0.5) is 0 Å². The first-order valence-electron chi connectivity index (χ1n) is 7.50. The molecule has 0 aliphatic heterocycles. The third-order valence-electron chi connectivity index (χ3n) is 4.86. The molecule has 2 heteroatoms. The monoisotopic (exact) mass is 241 g/mol. The average molecular weight is 241 g/mol. The van der Waals surface area contributed by atoms with E-state index in [0.717, 1.165) is 25.7 Å². The smallest absolute Gasteiger partial charge is 0.0687 e. The maximum absolute atomic E-state index is 10.9. The first-order valence-corrected chi connectivity index (χ1v) is 7.50. The molecule has 1 unspecified atom stereocenters. The van der Waals surface area contributed by atoms with Crippen molar-refractivity contribution in [3.05, 3.63) is 0 Å². The molecule has 1 saturated carbocycles. The lowest BCUT2D eigenvalue weighted by Gasteiger charge is -2.45. The highest BCUT2D eigenvalue weighted by atomic mass is 16.3. The van der Waals surface area contributed by atoms with Gasteiger partial charge in [-0.05, 0) is 26.2 Å². The largest absolute Gasteiger partial charge is 0.390 e. The molecule has 1 aliphatic carbocycles. The SMILES string of the molecule is CCCCCC(C)(O)C1(CN)CCCCCC1. The fourth-order valence-corrected chi connectivity index (χ4v) is 3.35. The van der Waals surface area contributed by atoms with E-state index in [4.69, 9.17) is 5.73 Å². The number of aliphatic hydroxyl groups is 1. The molecule has 2 nitrogen and oxygen atoms in total. The molecule has 0 aromatic carbocycles. The molecular formula is C15H31NO. The van der Waals surface area contributed by atoms with Gasteiger partial charge in [0, 0.05) is 12.0 Å². The van der Waals surface area contributed by atoms with Crippen LogP contribution in [0.2, 0.25) is 0 Å². The van der Waals surface area contributed by atoms with Crippen LogP contribution in [0, 0.1) is 5.41 Å². The Balaban J connectivity index is 2.67. The van der Waals surface area contributed by atoms with E-state index in [1.54, 1.807) is 0 Å². The van der Waals surface area contributed by atoms with E-state index in [1.165, 1.54) is 38.5 Å². The maximum atomic E-state index is 10.9. The van der Waals surface area contributed by atoms with Crippen LogP contribution in [0.1, 0.15) is 78.1 Å². The van der Waals surface area contributed by atoms with E-state index in [-0.39, 0.29) is 5.41 Å². The molecule has 1 aliphatic rings. The summed E-state index contributed by atoms with van der Waals surface area (Å²) in [5, 5.41) is 10.9. The molecule has 102 valence electrons. The van der Waals surface area contributed by atoms with Gasteiger partial charge in [0.25, 0.3) is 0 Å². The van der Waals surface area contributed by atoms with E-state index < -0.39 is 5.60 Å². The molecule has 0 bridgehead atoms. The van der Waals surface area contributed by atoms with Gasteiger partial charge in [0.1, 0.15) is 0 Å². The standard InChI is InChI=1S/C15H31NO/c1-3-4-7-10-14(2,17)15(13-16)11-8-5-6-9-12-15/h17H,3-13,16H2,1-2H3. The van der Waals surface area contributed by atoms with Gasteiger partial charge in [-0.25, -0.2) is 0 Å². The molecule has 0 heterocycles. The molecule has 1 fully saturated rings. The topological polar surface area (TPSA) is 46.2 Å². The van der Waals surface area contributed by atoms with Crippen molar-refractivity contribution in [2.45, 2.75) is 83.7 Å². The fraction of sp³-hybridized carbons (Fsp3) is 1.00. The Bertz CT molecular complexity index is 205. The summed E-state index contributed by atoms with van der Waals surface area (Å²) < 4.78 is 0. The number of unbranched alkanes of at least 4 members (excludes halogenated alkanes) is 2. The van der Waals surface area contributed by atoms with E-state index in [1.807, 2.05) is 6.92 Å². The molecule has 1 atom stereocenters. The second-order valence-corrected chi connectivity index (χ2v) is 6.13. The Morgan fingerprint density at radius 3 is 2.18 bits per heavy atom. The van der Waals surface area contributed by atoms with Crippen molar-refractivity contribution in [3.63, 3.8) is 0 Å². The van der Waals surface area contributed by atoms with Crippen LogP contribution in [-0.2, 0) is 0 Å². The van der Waals surface area contributed by atoms with Gasteiger partial charge in [-0.1, -0.05) is 51.9 Å². The Kier molecular flexibility index (Phi) is 5.94. The van der Waals surface area contributed by atoms with Crippen molar-refractivity contribution >= 4 is 0 Å². The van der Waals surface area contributed by atoms with E-state index in [9.17, 15) is 5.11 Å². The Morgan fingerprint density at radius 2 is 1.71 bits per heavy atom. The molecule has 0 aromatic rings. The van der Waals surface area contributed by atoms with Crippen LogP contribution in [0.15, 0.2) is 0 Å². The van der Waals surface area contributed by atoms with Crippen LogP contribution in [0.3, 0.4) is 0 Å². The summed E-state index contributed by atoms with van der Waals surface area (Å²) >= 11 is 0. The molecule has 3 N–H and O–H groups in total. The van der Waals surface area contributed by atoms with Crippen molar-refractivity contribution < 1.29 is 5.11 Å². The first-order chi connectivity index (χ1) is 8.08. The predicted molar refractivity (Wildman–Crippen MR) is 74.0 cm³/mol. The molecule has 0 amide bonds. The highest BCUT2D eigenvalue weighted by Crippen LogP contribution is 2.45. The van der Waals surface area contributed by atoms with Crippen LogP contribution in [-0.4, -0.2) is 17.3 Å². The second-order valence-electron chi connectivity index (χ2n) is 6.13. The summed E-state index contributed by atoms with van der Waals surface area (Å²) in [4.78, 5) is 0. The summed E-state index contributed by atoms with van der Waals surface area (Å²) in [7, 11) is 0. The summed E-state index contributed by atoms with van der Waals surface area (Å²) in [6.07, 6.45) is 11.8. The maximum Gasteiger partial charge on any atom is 0.0687 e. The molecular weight excluding hydrogens is 210 g/mol. The number of hydrogen-bond acceptors (Lipinski definition) is 2. The van der Waals surface area contributed by atoms with Gasteiger partial charge in [-0.2, -0.15) is 0 Å². The zero-order chi connectivity index (χ0) is 12.8. The summed E-state index contributed by atoms with van der Waals surface area (Å²) in [5.74, 6) is 0. The van der Waals surface area contributed by atoms with Crippen molar-refractivity contribution in [2.75, 3.05) is 6.54 Å². The Labute approximate surface area is 107 Å². The van der Waals surface area contributed by atoms with Gasteiger partial charge < -0.3 is 10.8 Å². The highest BCUT2D eigenvalue weighted by Gasteiger charge is 2.45. The van der Waals surface area contributed by atoms with Crippen molar-refractivity contribution in [1.82, 2.24) is 0 Å². The normalized spacial score (nSPS) is 24.0. The molecule has 0 spiro atoms. The number of hydrogen-bond donors (Lipinski definition) is 2. The lowest BCUT2D eigenvalue weighted by Crippen LogP contribution is -2.50. The van der Waals surface area contributed by atoms with E-state index in [2.05, 4.69) is 6.92 Å². The molecule has 0 saturated heterocycles. The highest BCUT2D eigenvalue weighted by molar-refractivity contribution is 4.97. The van der Waals surface area contributed by atoms with Gasteiger partial charge in [0.2, 0.25) is 0 Å². The first kappa shape index (κ1) is 15.0. The molecule has 0 aromatic heterocycles. The third kappa shape index (κ3) is 3.69.